The van der Waals surface area contributed by atoms with Gasteiger partial charge in [-0.3, -0.25) is 9.79 Å². The number of rotatable bonds is 6. The Morgan fingerprint density at radius 3 is 2.50 bits per heavy atom. The highest BCUT2D eigenvalue weighted by Gasteiger charge is 2.35. The van der Waals surface area contributed by atoms with Crippen LogP contribution in [0.2, 0.25) is 0 Å². The molecule has 0 atom stereocenters. The van der Waals surface area contributed by atoms with Crippen molar-refractivity contribution in [2.24, 2.45) is 4.99 Å². The molecule has 2 rings (SSSR count). The van der Waals surface area contributed by atoms with E-state index in [-0.39, 0.29) is 35.9 Å². The normalized spacial score (nSPS) is 16.8. The molecule has 1 aliphatic carbocycles. The van der Waals surface area contributed by atoms with Crippen molar-refractivity contribution in [2.45, 2.75) is 43.7 Å². The maximum atomic E-state index is 12.4. The molecule has 28 heavy (non-hydrogen) atoms. The lowest BCUT2D eigenvalue weighted by molar-refractivity contribution is -0.157. The quantitative estimate of drug-likeness (QED) is 0.334. The first-order valence-electron chi connectivity index (χ1n) is 9.05. The van der Waals surface area contributed by atoms with Gasteiger partial charge in [0.2, 0.25) is 5.91 Å². The van der Waals surface area contributed by atoms with Gasteiger partial charge in [-0.25, -0.2) is 0 Å². The van der Waals surface area contributed by atoms with Gasteiger partial charge in [-0.2, -0.15) is 13.2 Å². The number of carbonyl (C=O) groups is 1. The molecule has 1 fully saturated rings. The van der Waals surface area contributed by atoms with Crippen LogP contribution in [0.5, 0.6) is 0 Å². The molecule has 0 bridgehead atoms. The van der Waals surface area contributed by atoms with Crippen LogP contribution in [-0.2, 0) is 10.2 Å². The van der Waals surface area contributed by atoms with E-state index in [0.717, 1.165) is 19.9 Å². The highest BCUT2D eigenvalue weighted by molar-refractivity contribution is 14.0. The fraction of sp³-hybridized carbons (Fsp3) is 0.667. The molecule has 0 saturated heterocycles. The Balaban J connectivity index is 0.00000392. The van der Waals surface area contributed by atoms with Crippen LogP contribution in [0.25, 0.3) is 0 Å². The maximum absolute atomic E-state index is 12.4. The molecule has 1 aliphatic rings. The molecule has 1 aromatic heterocycles. The number of alkyl halides is 3. The van der Waals surface area contributed by atoms with E-state index in [4.69, 9.17) is 0 Å². The molecular weight excluding hydrogens is 504 g/mol. The van der Waals surface area contributed by atoms with Gasteiger partial charge in [-0.05, 0) is 24.3 Å². The number of amides is 1. The highest BCUT2D eigenvalue weighted by atomic mass is 127. The second kappa shape index (κ2) is 11.2. The first kappa shape index (κ1) is 25.0. The highest BCUT2D eigenvalue weighted by Crippen LogP contribution is 2.41. The van der Waals surface area contributed by atoms with Crippen LogP contribution >= 0.6 is 35.3 Å². The smallest absolute Gasteiger partial charge is 0.355 e. The number of hydrogen-bond donors (Lipinski definition) is 2. The lowest BCUT2D eigenvalue weighted by Gasteiger charge is -2.37. The summed E-state index contributed by atoms with van der Waals surface area (Å²) in [5.74, 6) is -0.217. The van der Waals surface area contributed by atoms with Crippen LogP contribution in [0, 0.1) is 0 Å². The molecule has 0 unspecified atom stereocenters. The van der Waals surface area contributed by atoms with Gasteiger partial charge in [0.15, 0.2) is 5.96 Å². The van der Waals surface area contributed by atoms with Crippen molar-refractivity contribution in [2.75, 3.05) is 33.7 Å². The molecule has 1 saturated carbocycles. The fourth-order valence-electron chi connectivity index (χ4n) is 3.44. The number of halogens is 4. The minimum absolute atomic E-state index is 0. The third-order valence-corrected chi connectivity index (χ3v) is 6.04. The van der Waals surface area contributed by atoms with Gasteiger partial charge in [0.25, 0.3) is 0 Å². The number of aliphatic imine (C=N–C) groups is 1. The van der Waals surface area contributed by atoms with Crippen molar-refractivity contribution in [3.8, 4) is 0 Å². The van der Waals surface area contributed by atoms with Gasteiger partial charge in [-0.15, -0.1) is 35.3 Å². The second-order valence-corrected chi connectivity index (χ2v) is 7.91. The number of guanidine groups is 1. The lowest BCUT2D eigenvalue weighted by Crippen LogP contribution is -2.49. The largest absolute Gasteiger partial charge is 0.406 e. The van der Waals surface area contributed by atoms with Crippen molar-refractivity contribution in [1.29, 1.82) is 0 Å². The van der Waals surface area contributed by atoms with Crippen molar-refractivity contribution in [3.63, 3.8) is 0 Å². The fourth-order valence-corrected chi connectivity index (χ4v) is 4.43. The summed E-state index contributed by atoms with van der Waals surface area (Å²) >= 11 is 1.75. The average Bonchev–Trinajstić information content (AvgIpc) is 3.16. The molecule has 1 heterocycles. The molecule has 0 spiro atoms. The molecule has 0 radical (unpaired) electrons. The molecule has 1 aromatic rings. The van der Waals surface area contributed by atoms with Gasteiger partial charge in [0.1, 0.15) is 6.54 Å². The number of nitrogens with zero attached hydrogens (tertiary/aromatic N) is 2. The molecule has 5 nitrogen and oxygen atoms in total. The topological polar surface area (TPSA) is 56.7 Å². The third kappa shape index (κ3) is 7.41. The standard InChI is InChI=1S/C18H27F3N4OS.HI/c1-22-16(23-11-15(26)25(2)13-18(19,20)21)24-12-17(8-4-3-5-9-17)14-7-6-10-27-14;/h6-7,10H,3-5,8-9,11-13H2,1-2H3,(H2,22,23,24);1H. The Hall–Kier alpha value is -1.04. The molecule has 10 heteroatoms. The molecule has 2 N–H and O–H groups in total. The van der Waals surface area contributed by atoms with E-state index >= 15 is 0 Å². The Labute approximate surface area is 185 Å². The number of nitrogens with one attached hydrogen (secondary N) is 2. The molecule has 0 aliphatic heterocycles. The summed E-state index contributed by atoms with van der Waals surface area (Å²) in [7, 11) is 2.72. The Kier molecular flexibility index (Phi) is 10.0. The van der Waals surface area contributed by atoms with Gasteiger partial charge in [0, 0.05) is 30.9 Å². The Morgan fingerprint density at radius 1 is 1.29 bits per heavy atom. The van der Waals surface area contributed by atoms with E-state index < -0.39 is 18.6 Å². The Morgan fingerprint density at radius 2 is 1.96 bits per heavy atom. The summed E-state index contributed by atoms with van der Waals surface area (Å²) in [6.07, 6.45) is 1.35. The van der Waals surface area contributed by atoms with E-state index in [0.29, 0.717) is 17.4 Å². The van der Waals surface area contributed by atoms with Crippen LogP contribution in [-0.4, -0.2) is 56.7 Å². The SMILES string of the molecule is CN=C(NCC(=O)N(C)CC(F)(F)F)NCC1(c2cccs2)CCCCC1.I. The zero-order valence-electron chi connectivity index (χ0n) is 16.1. The van der Waals surface area contributed by atoms with Crippen molar-refractivity contribution in [3.05, 3.63) is 22.4 Å². The summed E-state index contributed by atoms with van der Waals surface area (Å²) in [4.78, 5) is 18.0. The zero-order valence-corrected chi connectivity index (χ0v) is 19.3. The number of carbonyl (C=O) groups excluding carboxylic acids is 1. The number of likely N-dealkylation sites (N-methyl/N-ethyl adjacent to an activating group) is 1. The maximum Gasteiger partial charge on any atom is 0.406 e. The first-order chi connectivity index (χ1) is 12.8. The minimum atomic E-state index is -4.40. The first-order valence-corrected chi connectivity index (χ1v) is 9.93. The van der Waals surface area contributed by atoms with E-state index in [1.165, 1.54) is 24.1 Å². The predicted octanol–water partition coefficient (Wildman–Crippen LogP) is 3.75. The third-order valence-electron chi connectivity index (χ3n) is 4.92. The van der Waals surface area contributed by atoms with Gasteiger partial charge in [-0.1, -0.05) is 25.3 Å². The predicted molar refractivity (Wildman–Crippen MR) is 118 cm³/mol. The van der Waals surface area contributed by atoms with Crippen molar-refractivity contribution < 1.29 is 18.0 Å². The van der Waals surface area contributed by atoms with E-state index in [2.05, 4.69) is 33.1 Å². The van der Waals surface area contributed by atoms with Crippen LogP contribution in [0.4, 0.5) is 13.2 Å². The second-order valence-electron chi connectivity index (χ2n) is 6.96. The van der Waals surface area contributed by atoms with Gasteiger partial charge < -0.3 is 15.5 Å². The van der Waals surface area contributed by atoms with Crippen molar-refractivity contribution >= 4 is 47.2 Å². The summed E-state index contributed by atoms with van der Waals surface area (Å²) in [6, 6.07) is 4.21. The number of hydrogen-bond acceptors (Lipinski definition) is 3. The summed E-state index contributed by atoms with van der Waals surface area (Å²) in [5, 5.41) is 8.16. The lowest BCUT2D eigenvalue weighted by atomic mass is 9.73. The summed E-state index contributed by atoms with van der Waals surface area (Å²) in [6.45, 7) is -0.820. The zero-order chi connectivity index (χ0) is 19.9. The monoisotopic (exact) mass is 532 g/mol. The minimum Gasteiger partial charge on any atom is -0.355 e. The van der Waals surface area contributed by atoms with Crippen LogP contribution in [0.1, 0.15) is 37.0 Å². The van der Waals surface area contributed by atoms with E-state index in [9.17, 15) is 18.0 Å². The number of thiophene rings is 1. The van der Waals surface area contributed by atoms with Gasteiger partial charge in [0.05, 0.1) is 6.54 Å². The summed E-state index contributed by atoms with van der Waals surface area (Å²) in [5.41, 5.74) is 0.0428. The van der Waals surface area contributed by atoms with Crippen LogP contribution < -0.4 is 10.6 Å². The molecule has 0 aromatic carbocycles. The van der Waals surface area contributed by atoms with E-state index in [1.54, 1.807) is 18.4 Å². The van der Waals surface area contributed by atoms with Crippen LogP contribution in [0.3, 0.4) is 0 Å². The van der Waals surface area contributed by atoms with E-state index in [1.807, 2.05) is 0 Å². The van der Waals surface area contributed by atoms with Gasteiger partial charge >= 0.3 is 6.18 Å². The molecule has 1 amide bonds. The Bertz CT molecular complexity index is 631. The summed E-state index contributed by atoms with van der Waals surface area (Å²) < 4.78 is 37.2. The van der Waals surface area contributed by atoms with Crippen molar-refractivity contribution in [1.82, 2.24) is 15.5 Å². The molecule has 160 valence electrons. The average molecular weight is 532 g/mol. The van der Waals surface area contributed by atoms with Crippen LogP contribution in [0.15, 0.2) is 22.5 Å². The molecular formula is C18H28F3IN4OS.